The number of ether oxygens (including phenoxy) is 2. The van der Waals surface area contributed by atoms with E-state index in [9.17, 15) is 5.26 Å². The SMILES string of the molecule is COCCOC1=CN2C(=C(C#N)CN2C)C(c2ccc(N3CCN(Cc4cncc(C)c4)CC3)nc2)=C1. The summed E-state index contributed by atoms with van der Waals surface area (Å²) in [5.41, 5.74) is 5.96. The Morgan fingerprint density at radius 3 is 2.62 bits per heavy atom. The molecular formula is C28H33N7O2. The molecule has 192 valence electrons. The molecule has 0 N–H and O–H groups in total. The van der Waals surface area contributed by atoms with E-state index in [-0.39, 0.29) is 0 Å². The van der Waals surface area contributed by atoms with Crippen molar-refractivity contribution >= 4 is 11.4 Å². The van der Waals surface area contributed by atoms with Gasteiger partial charge in [-0.2, -0.15) is 5.26 Å². The number of methoxy groups -OCH3 is 1. The maximum atomic E-state index is 9.78. The second-order valence-electron chi connectivity index (χ2n) is 9.57. The Bertz CT molecular complexity index is 1250. The highest BCUT2D eigenvalue weighted by molar-refractivity contribution is 5.83. The summed E-state index contributed by atoms with van der Waals surface area (Å²) in [6, 6.07) is 8.76. The van der Waals surface area contributed by atoms with E-state index in [4.69, 9.17) is 14.5 Å². The third-order valence-electron chi connectivity index (χ3n) is 6.85. The maximum absolute atomic E-state index is 9.78. The summed E-state index contributed by atoms with van der Waals surface area (Å²) in [4.78, 5) is 13.9. The maximum Gasteiger partial charge on any atom is 0.137 e. The summed E-state index contributed by atoms with van der Waals surface area (Å²) in [5, 5.41) is 13.8. The van der Waals surface area contributed by atoms with E-state index in [1.165, 1.54) is 11.1 Å². The van der Waals surface area contributed by atoms with Crippen LogP contribution < -0.4 is 4.90 Å². The van der Waals surface area contributed by atoms with Crippen LogP contribution in [0.4, 0.5) is 5.82 Å². The summed E-state index contributed by atoms with van der Waals surface area (Å²) in [6.07, 6.45) is 9.67. The number of pyridine rings is 2. The van der Waals surface area contributed by atoms with Gasteiger partial charge in [0.25, 0.3) is 0 Å². The van der Waals surface area contributed by atoms with Crippen molar-refractivity contribution in [2.45, 2.75) is 13.5 Å². The number of aryl methyl sites for hydroxylation is 1. The quantitative estimate of drug-likeness (QED) is 0.509. The molecule has 0 unspecified atom stereocenters. The van der Waals surface area contributed by atoms with Crippen molar-refractivity contribution in [1.82, 2.24) is 24.9 Å². The summed E-state index contributed by atoms with van der Waals surface area (Å²) in [5.74, 6) is 1.70. The molecule has 3 aliphatic rings. The molecule has 5 rings (SSSR count). The number of piperazine rings is 1. The molecule has 0 atom stereocenters. The van der Waals surface area contributed by atoms with E-state index in [0.29, 0.717) is 19.8 Å². The van der Waals surface area contributed by atoms with Crippen LogP contribution in [0, 0.1) is 18.3 Å². The van der Waals surface area contributed by atoms with Crippen molar-refractivity contribution < 1.29 is 9.47 Å². The molecule has 9 heteroatoms. The summed E-state index contributed by atoms with van der Waals surface area (Å²) >= 11 is 0. The molecule has 0 saturated carbocycles. The first kappa shape index (κ1) is 25.0. The third kappa shape index (κ3) is 5.52. The zero-order chi connectivity index (χ0) is 25.8. The molecule has 3 aliphatic heterocycles. The predicted octanol–water partition coefficient (Wildman–Crippen LogP) is 2.95. The standard InChI is InChI=1S/C28H33N7O2/c1-21-12-22(16-30-15-21)18-33-6-8-34(9-7-33)27-5-4-23(17-31-27)26-13-25(37-11-10-36-3)20-35-28(26)24(14-29)19-32(35)2/h4-5,12-13,15-17,20H,6-11,18-19H2,1-3H3. The predicted molar refractivity (Wildman–Crippen MR) is 142 cm³/mol. The van der Waals surface area contributed by atoms with Gasteiger partial charge in [-0.1, -0.05) is 6.07 Å². The number of hydrogen-bond donors (Lipinski definition) is 0. The second-order valence-corrected chi connectivity index (χ2v) is 9.57. The van der Waals surface area contributed by atoms with Crippen LogP contribution in [-0.4, -0.2) is 85.0 Å². The van der Waals surface area contributed by atoms with Gasteiger partial charge in [0.05, 0.1) is 36.7 Å². The molecule has 2 aromatic heterocycles. The van der Waals surface area contributed by atoms with Crippen LogP contribution in [0.15, 0.2) is 66.1 Å². The molecule has 0 radical (unpaired) electrons. The third-order valence-corrected chi connectivity index (χ3v) is 6.85. The monoisotopic (exact) mass is 499 g/mol. The number of fused-ring (bicyclic) bond motifs is 1. The Morgan fingerprint density at radius 2 is 1.92 bits per heavy atom. The van der Waals surface area contributed by atoms with Crippen LogP contribution in [0.2, 0.25) is 0 Å². The summed E-state index contributed by atoms with van der Waals surface area (Å²) in [6.45, 7) is 8.34. The van der Waals surface area contributed by atoms with Crippen LogP contribution in [0.3, 0.4) is 0 Å². The van der Waals surface area contributed by atoms with Crippen molar-refractivity contribution in [1.29, 1.82) is 5.26 Å². The largest absolute Gasteiger partial charge is 0.490 e. The van der Waals surface area contributed by atoms with Crippen molar-refractivity contribution in [3.05, 3.63) is 82.8 Å². The number of allylic oxidation sites excluding steroid dienone is 2. The Labute approximate surface area is 218 Å². The van der Waals surface area contributed by atoms with E-state index >= 15 is 0 Å². The fraction of sp³-hybridized carbons (Fsp3) is 0.393. The number of hydrazine groups is 1. The second kappa shape index (κ2) is 11.1. The molecule has 0 aromatic carbocycles. The zero-order valence-corrected chi connectivity index (χ0v) is 21.7. The number of anilines is 1. The number of hydrogen-bond acceptors (Lipinski definition) is 9. The lowest BCUT2D eigenvalue weighted by Gasteiger charge is -2.35. The topological polar surface area (TPSA) is 81.0 Å². The molecule has 1 saturated heterocycles. The molecule has 5 heterocycles. The van der Waals surface area contributed by atoms with Crippen molar-refractivity contribution in [3.63, 3.8) is 0 Å². The van der Waals surface area contributed by atoms with Gasteiger partial charge >= 0.3 is 0 Å². The number of aromatic nitrogens is 2. The van der Waals surface area contributed by atoms with Crippen LogP contribution >= 0.6 is 0 Å². The van der Waals surface area contributed by atoms with Gasteiger partial charge < -0.3 is 14.4 Å². The fourth-order valence-corrected chi connectivity index (χ4v) is 4.97. The van der Waals surface area contributed by atoms with Gasteiger partial charge in [0.1, 0.15) is 18.2 Å². The average Bonchev–Trinajstić information content (AvgIpc) is 3.24. The van der Waals surface area contributed by atoms with Crippen LogP contribution in [0.5, 0.6) is 0 Å². The van der Waals surface area contributed by atoms with Crippen molar-refractivity contribution in [2.24, 2.45) is 0 Å². The van der Waals surface area contributed by atoms with Gasteiger partial charge in [-0.25, -0.2) is 9.99 Å². The Morgan fingerprint density at radius 1 is 1.08 bits per heavy atom. The van der Waals surface area contributed by atoms with Crippen molar-refractivity contribution in [3.8, 4) is 6.07 Å². The minimum Gasteiger partial charge on any atom is -0.490 e. The van der Waals surface area contributed by atoms with Crippen LogP contribution in [-0.2, 0) is 16.0 Å². The molecule has 1 fully saturated rings. The average molecular weight is 500 g/mol. The smallest absolute Gasteiger partial charge is 0.137 e. The van der Waals surface area contributed by atoms with Crippen LogP contribution in [0.25, 0.3) is 5.57 Å². The Hall–Kier alpha value is -3.71. The molecule has 0 bridgehead atoms. The first-order valence-corrected chi connectivity index (χ1v) is 12.6. The van der Waals surface area contributed by atoms with E-state index < -0.39 is 0 Å². The molecular weight excluding hydrogens is 466 g/mol. The summed E-state index contributed by atoms with van der Waals surface area (Å²) in [7, 11) is 3.62. The molecule has 37 heavy (non-hydrogen) atoms. The van der Waals surface area contributed by atoms with E-state index in [1.807, 2.05) is 47.9 Å². The first-order valence-electron chi connectivity index (χ1n) is 12.6. The Balaban J connectivity index is 1.29. The Kier molecular flexibility index (Phi) is 7.51. The van der Waals surface area contributed by atoms with E-state index in [0.717, 1.165) is 66.7 Å². The van der Waals surface area contributed by atoms with Gasteiger partial charge in [0, 0.05) is 76.6 Å². The highest BCUT2D eigenvalue weighted by Gasteiger charge is 2.33. The summed E-state index contributed by atoms with van der Waals surface area (Å²) < 4.78 is 11.1. The van der Waals surface area contributed by atoms with Gasteiger partial charge in [0.2, 0.25) is 0 Å². The van der Waals surface area contributed by atoms with Gasteiger partial charge in [0.15, 0.2) is 0 Å². The lowest BCUT2D eigenvalue weighted by Crippen LogP contribution is -2.46. The number of likely N-dealkylation sites (N-methyl/N-ethyl adjacent to an activating group) is 1. The van der Waals surface area contributed by atoms with E-state index in [2.05, 4.69) is 46.0 Å². The minimum atomic E-state index is 0.456. The van der Waals surface area contributed by atoms with E-state index in [1.54, 1.807) is 7.11 Å². The molecule has 0 amide bonds. The van der Waals surface area contributed by atoms with Crippen molar-refractivity contribution in [2.75, 3.05) is 65.0 Å². The highest BCUT2D eigenvalue weighted by atomic mass is 16.5. The first-order chi connectivity index (χ1) is 18.1. The molecule has 9 nitrogen and oxygen atoms in total. The number of nitriles is 1. The number of rotatable bonds is 8. The lowest BCUT2D eigenvalue weighted by atomic mass is 9.98. The normalized spacial score (nSPS) is 18.4. The van der Waals surface area contributed by atoms with Gasteiger partial charge in [-0.3, -0.25) is 14.9 Å². The van der Waals surface area contributed by atoms with Gasteiger partial charge in [-0.15, -0.1) is 0 Å². The van der Waals surface area contributed by atoms with Crippen LogP contribution in [0.1, 0.15) is 16.7 Å². The fourth-order valence-electron chi connectivity index (χ4n) is 4.97. The zero-order valence-electron chi connectivity index (χ0n) is 21.7. The molecule has 0 spiro atoms. The number of nitrogens with zero attached hydrogens (tertiary/aromatic N) is 7. The molecule has 0 aliphatic carbocycles. The highest BCUT2D eigenvalue weighted by Crippen LogP contribution is 2.38. The minimum absolute atomic E-state index is 0.456. The molecule has 2 aromatic rings. The van der Waals surface area contributed by atoms with Gasteiger partial charge in [-0.05, 0) is 36.3 Å². The lowest BCUT2D eigenvalue weighted by molar-refractivity contribution is 0.0963.